The number of nitrogens with zero attached hydrogens (tertiary/aromatic N) is 3. The van der Waals surface area contributed by atoms with Crippen molar-refractivity contribution in [2.75, 3.05) is 6.61 Å². The second-order valence-electron chi connectivity index (χ2n) is 3.16. The number of rotatable bonds is 1. The Labute approximate surface area is 79.5 Å². The molecule has 78 valence electrons. The van der Waals surface area contributed by atoms with Crippen molar-refractivity contribution >= 4 is 0 Å². The lowest BCUT2D eigenvalue weighted by atomic mass is 10.0. The van der Waals surface area contributed by atoms with Gasteiger partial charge in [0, 0.05) is 6.20 Å². The van der Waals surface area contributed by atoms with Gasteiger partial charge in [-0.2, -0.15) is 0 Å². The molecule has 0 aliphatic carbocycles. The predicted molar refractivity (Wildman–Crippen MR) is 43.0 cm³/mol. The maximum Gasteiger partial charge on any atom is 0.180 e. The fourth-order valence-corrected chi connectivity index (χ4v) is 1.38. The summed E-state index contributed by atoms with van der Waals surface area (Å²) in [5, 5.41) is 35.3. The van der Waals surface area contributed by atoms with Crippen molar-refractivity contribution in [3.05, 3.63) is 12.4 Å². The van der Waals surface area contributed by atoms with Crippen LogP contribution in [0.5, 0.6) is 0 Å². The first-order chi connectivity index (χ1) is 6.70. The molecule has 0 unspecified atom stereocenters. The summed E-state index contributed by atoms with van der Waals surface area (Å²) in [6, 6.07) is 0. The van der Waals surface area contributed by atoms with Gasteiger partial charge >= 0.3 is 0 Å². The van der Waals surface area contributed by atoms with Crippen LogP contribution >= 0.6 is 0 Å². The van der Waals surface area contributed by atoms with Crippen LogP contribution in [0.2, 0.25) is 0 Å². The monoisotopic (exact) mass is 201 g/mol. The molecule has 0 aromatic carbocycles. The van der Waals surface area contributed by atoms with Gasteiger partial charge < -0.3 is 20.1 Å². The number of hydrogen-bond donors (Lipinski definition) is 3. The van der Waals surface area contributed by atoms with E-state index in [4.69, 9.17) is 4.74 Å². The van der Waals surface area contributed by atoms with E-state index in [1.165, 1.54) is 17.1 Å². The summed E-state index contributed by atoms with van der Waals surface area (Å²) in [5.74, 6) is 0. The van der Waals surface area contributed by atoms with Crippen molar-refractivity contribution in [2.45, 2.75) is 24.5 Å². The van der Waals surface area contributed by atoms with Crippen LogP contribution in [-0.4, -0.2) is 55.2 Å². The first kappa shape index (κ1) is 9.53. The minimum Gasteiger partial charge on any atom is -0.388 e. The van der Waals surface area contributed by atoms with Gasteiger partial charge in [0.05, 0.1) is 12.8 Å². The van der Waals surface area contributed by atoms with E-state index in [0.29, 0.717) is 0 Å². The molecule has 0 saturated carbocycles. The summed E-state index contributed by atoms with van der Waals surface area (Å²) >= 11 is 0. The van der Waals surface area contributed by atoms with Crippen LogP contribution < -0.4 is 0 Å². The van der Waals surface area contributed by atoms with Crippen molar-refractivity contribution in [1.29, 1.82) is 0 Å². The average Bonchev–Trinajstić information content (AvgIpc) is 2.67. The fraction of sp³-hybridized carbons (Fsp3) is 0.714. The molecular weight excluding hydrogens is 190 g/mol. The zero-order chi connectivity index (χ0) is 10.1. The lowest BCUT2D eigenvalue weighted by Gasteiger charge is -2.34. The van der Waals surface area contributed by atoms with Gasteiger partial charge in [-0.15, -0.1) is 5.10 Å². The van der Waals surface area contributed by atoms with E-state index in [1.54, 1.807) is 0 Å². The first-order valence-electron chi connectivity index (χ1n) is 4.22. The highest BCUT2D eigenvalue weighted by Crippen LogP contribution is 2.22. The third-order valence-corrected chi connectivity index (χ3v) is 2.18. The fourth-order valence-electron chi connectivity index (χ4n) is 1.38. The van der Waals surface area contributed by atoms with Crippen LogP contribution in [0.15, 0.2) is 12.4 Å². The Bertz CT molecular complexity index is 291. The molecule has 7 heteroatoms. The molecule has 1 aliphatic heterocycles. The van der Waals surface area contributed by atoms with Crippen molar-refractivity contribution < 1.29 is 20.1 Å². The molecule has 3 N–H and O–H groups in total. The Balaban J connectivity index is 2.14. The molecule has 0 bridgehead atoms. The largest absolute Gasteiger partial charge is 0.388 e. The highest BCUT2D eigenvalue weighted by atomic mass is 16.5. The van der Waals surface area contributed by atoms with Crippen molar-refractivity contribution in [3.8, 4) is 0 Å². The minimum absolute atomic E-state index is 0.0389. The number of aliphatic hydroxyl groups excluding tert-OH is 3. The van der Waals surface area contributed by atoms with E-state index >= 15 is 0 Å². The number of hydrogen-bond acceptors (Lipinski definition) is 6. The van der Waals surface area contributed by atoms with E-state index in [2.05, 4.69) is 10.3 Å². The molecule has 1 aliphatic rings. The summed E-state index contributed by atoms with van der Waals surface area (Å²) in [6.07, 6.45) is -1.34. The van der Waals surface area contributed by atoms with Gasteiger partial charge in [-0.25, -0.2) is 4.68 Å². The van der Waals surface area contributed by atoms with Gasteiger partial charge in [-0.3, -0.25) is 0 Å². The van der Waals surface area contributed by atoms with Gasteiger partial charge in [0.1, 0.15) is 18.3 Å². The third-order valence-electron chi connectivity index (χ3n) is 2.18. The van der Waals surface area contributed by atoms with Crippen LogP contribution in [0.25, 0.3) is 0 Å². The Morgan fingerprint density at radius 1 is 1.29 bits per heavy atom. The number of aliphatic hydroxyl groups is 3. The molecule has 2 heterocycles. The lowest BCUT2D eigenvalue weighted by molar-refractivity contribution is -0.214. The highest BCUT2D eigenvalue weighted by Gasteiger charge is 2.38. The topological polar surface area (TPSA) is 101 Å². The Morgan fingerprint density at radius 2 is 2.07 bits per heavy atom. The quantitative estimate of drug-likeness (QED) is 0.480. The van der Waals surface area contributed by atoms with Crippen molar-refractivity contribution in [1.82, 2.24) is 15.0 Å². The molecule has 2 rings (SSSR count). The van der Waals surface area contributed by atoms with Gasteiger partial charge in [-0.1, -0.05) is 5.21 Å². The molecule has 0 radical (unpaired) electrons. The van der Waals surface area contributed by atoms with Crippen LogP contribution in [0.3, 0.4) is 0 Å². The second-order valence-corrected chi connectivity index (χ2v) is 3.16. The van der Waals surface area contributed by atoms with E-state index in [1.807, 2.05) is 0 Å². The lowest BCUT2D eigenvalue weighted by Crippen LogP contribution is -2.50. The van der Waals surface area contributed by atoms with E-state index in [0.717, 1.165) is 0 Å². The number of ether oxygens (including phenoxy) is 1. The number of aromatic nitrogens is 3. The molecule has 0 spiro atoms. The summed E-state index contributed by atoms with van der Waals surface area (Å²) in [6.45, 7) is -0.0389. The Hall–Kier alpha value is -1.02. The van der Waals surface area contributed by atoms with Crippen LogP contribution in [0.4, 0.5) is 0 Å². The van der Waals surface area contributed by atoms with E-state index in [-0.39, 0.29) is 6.61 Å². The summed E-state index contributed by atoms with van der Waals surface area (Å²) in [7, 11) is 0. The molecular formula is C7H11N3O4. The SMILES string of the molecule is O[C@@H]1[C@@H](O)[C@H](n2ccnn2)OC[C@H]1O. The smallest absolute Gasteiger partial charge is 0.180 e. The Kier molecular flexibility index (Phi) is 2.46. The minimum atomic E-state index is -1.22. The Morgan fingerprint density at radius 3 is 2.71 bits per heavy atom. The van der Waals surface area contributed by atoms with E-state index < -0.39 is 24.5 Å². The van der Waals surface area contributed by atoms with Crippen molar-refractivity contribution in [2.24, 2.45) is 0 Å². The maximum absolute atomic E-state index is 9.56. The average molecular weight is 201 g/mol. The maximum atomic E-state index is 9.56. The molecule has 1 saturated heterocycles. The summed E-state index contributed by atoms with van der Waals surface area (Å²) < 4.78 is 6.41. The molecule has 4 atom stereocenters. The van der Waals surface area contributed by atoms with Crippen LogP contribution in [-0.2, 0) is 4.74 Å². The predicted octanol–water partition coefficient (Wildman–Crippen LogP) is -2.11. The van der Waals surface area contributed by atoms with Gasteiger partial charge in [-0.05, 0) is 0 Å². The molecule has 1 aromatic heterocycles. The third kappa shape index (κ3) is 1.50. The summed E-state index contributed by atoms with van der Waals surface area (Å²) in [4.78, 5) is 0. The van der Waals surface area contributed by atoms with Crippen molar-refractivity contribution in [3.63, 3.8) is 0 Å². The zero-order valence-corrected chi connectivity index (χ0v) is 7.26. The second kappa shape index (κ2) is 3.62. The van der Waals surface area contributed by atoms with Gasteiger partial charge in [0.15, 0.2) is 6.23 Å². The van der Waals surface area contributed by atoms with Crippen LogP contribution in [0.1, 0.15) is 6.23 Å². The molecule has 7 nitrogen and oxygen atoms in total. The zero-order valence-electron chi connectivity index (χ0n) is 7.26. The van der Waals surface area contributed by atoms with E-state index in [9.17, 15) is 15.3 Å². The standard InChI is InChI=1S/C7H11N3O4/c11-4-3-14-7(6(13)5(4)12)10-2-1-8-9-10/h1-2,4-7,11-13H,3H2/t4-,5+,6-,7-/m1/s1. The summed E-state index contributed by atoms with van der Waals surface area (Å²) in [5.41, 5.74) is 0. The van der Waals surface area contributed by atoms with Crippen LogP contribution in [0, 0.1) is 0 Å². The first-order valence-corrected chi connectivity index (χ1v) is 4.22. The van der Waals surface area contributed by atoms with Gasteiger partial charge in [0.25, 0.3) is 0 Å². The molecule has 1 aromatic rings. The molecule has 0 amide bonds. The molecule has 14 heavy (non-hydrogen) atoms. The highest BCUT2D eigenvalue weighted by molar-refractivity contribution is 4.85. The molecule has 1 fully saturated rings. The van der Waals surface area contributed by atoms with Gasteiger partial charge in [0.2, 0.25) is 0 Å². The normalized spacial score (nSPS) is 38.5.